The normalized spacial score (nSPS) is 0. The Labute approximate surface area is 90.6 Å². The number of hydrogen-bond acceptors (Lipinski definition) is 0. The van der Waals surface area contributed by atoms with E-state index in [1.165, 1.54) is 0 Å². The fourth-order valence-electron chi connectivity index (χ4n) is 0. The van der Waals surface area contributed by atoms with E-state index in [4.69, 9.17) is 0 Å². The van der Waals surface area contributed by atoms with Crippen LogP contribution in [0.1, 0.15) is 0 Å². The largest absolute Gasteiger partial charge is 3.00 e. The van der Waals surface area contributed by atoms with Gasteiger partial charge in [0.1, 0.15) is 0 Å². The molecule has 5 heteroatoms. The monoisotopic (exact) mass is 581 g/mol. The van der Waals surface area contributed by atoms with Crippen molar-refractivity contribution in [2.45, 2.75) is 0 Å². The van der Waals surface area contributed by atoms with E-state index in [9.17, 15) is 0 Å². The van der Waals surface area contributed by atoms with Crippen molar-refractivity contribution in [2.24, 2.45) is 0 Å². The molecule has 0 radical (unpaired) electrons. The maximum atomic E-state index is 0. The van der Waals surface area contributed by atoms with E-state index < -0.39 is 0 Å². The molecule has 0 spiro atoms. The molecular formula is AgAu2OZn+7. The summed E-state index contributed by atoms with van der Waals surface area (Å²) < 4.78 is 0. The zero-order valence-electron chi connectivity index (χ0n) is 2.02. The summed E-state index contributed by atoms with van der Waals surface area (Å²) in [7, 11) is 0. The third kappa shape index (κ3) is 20.0. The van der Waals surface area contributed by atoms with Crippen LogP contribution in [0.5, 0.6) is 0 Å². The van der Waals surface area contributed by atoms with Gasteiger partial charge >= 0.3 is 86.6 Å². The molecule has 0 unspecified atom stereocenters. The Morgan fingerprint density at radius 2 is 0.800 bits per heavy atom. The molecule has 0 saturated heterocycles. The molecule has 0 aromatic rings. The zero-order valence-corrected chi connectivity index (χ0v) is 10.8. The van der Waals surface area contributed by atoms with Crippen molar-refractivity contribution in [3.05, 3.63) is 0 Å². The maximum Gasteiger partial charge on any atom is 3.00 e. The first-order valence-electron chi connectivity index (χ1n) is 0. The molecule has 34 valence electrons. The summed E-state index contributed by atoms with van der Waals surface area (Å²) >= 11 is 0. The first-order chi connectivity index (χ1) is 0. The third-order valence-corrected chi connectivity index (χ3v) is 0. The second kappa shape index (κ2) is 29.2. The molecule has 0 aromatic heterocycles. The summed E-state index contributed by atoms with van der Waals surface area (Å²) in [6.45, 7) is 0. The summed E-state index contributed by atoms with van der Waals surface area (Å²) in [5.74, 6) is 0. The minimum atomic E-state index is 0. The molecule has 0 saturated carbocycles. The van der Waals surface area contributed by atoms with Crippen LogP contribution in [0.15, 0.2) is 0 Å². The molecule has 0 atom stereocenters. The van der Waals surface area contributed by atoms with Gasteiger partial charge in [0.15, 0.2) is 0 Å². The predicted molar refractivity (Wildman–Crippen MR) is 0.686 cm³/mol. The van der Waals surface area contributed by atoms with Crippen LogP contribution < -0.4 is 0 Å². The summed E-state index contributed by atoms with van der Waals surface area (Å²) in [5, 5.41) is 0. The molecule has 0 aliphatic rings. The van der Waals surface area contributed by atoms with Crippen LogP contribution in [0.25, 0.3) is 0 Å². The van der Waals surface area contributed by atoms with Crippen molar-refractivity contribution >= 4 is 0 Å². The Morgan fingerprint density at radius 3 is 0.800 bits per heavy atom. The molecular weight excluding hydrogens is 583 g/mol. The van der Waals surface area contributed by atoms with Gasteiger partial charge in [0.05, 0.1) is 0 Å². The Hall–Kier alpha value is 2.80. The number of hydrogen-bond donors (Lipinski definition) is 0. The molecule has 0 fully saturated rings. The van der Waals surface area contributed by atoms with Gasteiger partial charge in [-0.05, 0) is 0 Å². The van der Waals surface area contributed by atoms with Gasteiger partial charge in [0, 0.05) is 0 Å². The van der Waals surface area contributed by atoms with Crippen LogP contribution in [0.3, 0.4) is 0 Å². The average Bonchev–Trinajstić information content (AvgIpc) is 0. The van der Waals surface area contributed by atoms with E-state index in [0.717, 1.165) is 0 Å². The Kier molecular flexibility index (Phi) is 268. The summed E-state index contributed by atoms with van der Waals surface area (Å²) in [6.07, 6.45) is 0. The van der Waals surface area contributed by atoms with Crippen molar-refractivity contribution in [1.29, 1.82) is 0 Å². The maximum absolute atomic E-state index is 0. The van der Waals surface area contributed by atoms with Gasteiger partial charge in [-0.15, -0.1) is 0 Å². The summed E-state index contributed by atoms with van der Waals surface area (Å²) in [6, 6.07) is 0. The van der Waals surface area contributed by atoms with Gasteiger partial charge in [-0.2, -0.15) is 0 Å². The molecule has 5 heavy (non-hydrogen) atoms. The van der Waals surface area contributed by atoms with Crippen molar-refractivity contribution < 1.29 is 92.1 Å². The van der Waals surface area contributed by atoms with Crippen LogP contribution in [0.4, 0.5) is 0 Å². The smallest absolute Gasteiger partial charge is 2.00 e. The molecule has 0 N–H and O–H groups in total. The second-order valence-corrected chi connectivity index (χ2v) is 0. The van der Waals surface area contributed by atoms with Gasteiger partial charge in [-0.1, -0.05) is 0 Å². The Balaban J connectivity index is 0. The molecule has 0 aliphatic carbocycles. The molecule has 0 amide bonds. The van der Waals surface area contributed by atoms with Crippen molar-refractivity contribution in [2.75, 3.05) is 0 Å². The van der Waals surface area contributed by atoms with Gasteiger partial charge < -0.3 is 5.48 Å². The quantitative estimate of drug-likeness (QED) is 0.356. The summed E-state index contributed by atoms with van der Waals surface area (Å²) in [5.41, 5.74) is 0. The Morgan fingerprint density at radius 1 is 0.800 bits per heavy atom. The van der Waals surface area contributed by atoms with Crippen molar-refractivity contribution in [3.63, 3.8) is 0 Å². The van der Waals surface area contributed by atoms with Gasteiger partial charge in [0.2, 0.25) is 0 Å². The number of rotatable bonds is 0. The van der Waals surface area contributed by atoms with Crippen LogP contribution >= 0.6 is 0 Å². The van der Waals surface area contributed by atoms with Gasteiger partial charge in [-0.25, -0.2) is 0 Å². The van der Waals surface area contributed by atoms with Crippen LogP contribution in [0.2, 0.25) is 0 Å². The fraction of sp³-hybridized carbons (Fsp3) is 0. The molecule has 0 bridgehead atoms. The SMILES string of the molecule is [Ag+].[Au+3].[Au+3].[O-2].[Zn+2]. The molecule has 0 aliphatic heterocycles. The van der Waals surface area contributed by atoms with E-state index in [0.29, 0.717) is 0 Å². The van der Waals surface area contributed by atoms with Crippen molar-refractivity contribution in [3.8, 4) is 0 Å². The molecule has 1 nitrogen and oxygen atoms in total. The van der Waals surface area contributed by atoms with Crippen LogP contribution in [-0.2, 0) is 92.1 Å². The molecule has 0 rings (SSSR count). The van der Waals surface area contributed by atoms with Crippen LogP contribution in [0, 0.1) is 0 Å². The molecule has 0 heterocycles. The predicted octanol–water partition coefficient (Wildman–Crippen LogP) is -0.129. The van der Waals surface area contributed by atoms with Crippen molar-refractivity contribution in [1.82, 2.24) is 0 Å². The first kappa shape index (κ1) is 45.9. The third-order valence-electron chi connectivity index (χ3n) is 0. The minimum Gasteiger partial charge on any atom is -2.00 e. The van der Waals surface area contributed by atoms with E-state index in [1.807, 2.05) is 0 Å². The Bertz CT molecular complexity index is 9.61. The van der Waals surface area contributed by atoms with E-state index in [2.05, 4.69) is 0 Å². The van der Waals surface area contributed by atoms with E-state index in [1.54, 1.807) is 0 Å². The topological polar surface area (TPSA) is 28.5 Å². The van der Waals surface area contributed by atoms with Crippen LogP contribution in [-0.4, -0.2) is 0 Å². The zero-order chi connectivity index (χ0) is 0. The van der Waals surface area contributed by atoms with Gasteiger partial charge in [-0.3, -0.25) is 0 Å². The standard InChI is InChI=1S/Ag.2Au.O.Zn/q+1;2*+3;-2;+2. The van der Waals surface area contributed by atoms with Gasteiger partial charge in [0.25, 0.3) is 0 Å². The first-order valence-corrected chi connectivity index (χ1v) is 0. The minimum absolute atomic E-state index is 0. The second-order valence-electron chi connectivity index (χ2n) is 0. The van der Waals surface area contributed by atoms with E-state index in [-0.39, 0.29) is 92.1 Å². The fourth-order valence-corrected chi connectivity index (χ4v) is 0. The summed E-state index contributed by atoms with van der Waals surface area (Å²) in [4.78, 5) is 0. The molecule has 0 aromatic carbocycles. The average molecular weight is 583 g/mol. The van der Waals surface area contributed by atoms with E-state index >= 15 is 0 Å².